The Bertz CT molecular complexity index is 1070. The van der Waals surface area contributed by atoms with E-state index in [-0.39, 0.29) is 5.69 Å². The number of fused-ring (bicyclic) bond motifs is 1. The van der Waals surface area contributed by atoms with E-state index in [0.717, 1.165) is 0 Å². The molecule has 0 unspecified atom stereocenters. The van der Waals surface area contributed by atoms with Gasteiger partial charge in [0.05, 0.1) is 11.6 Å². The van der Waals surface area contributed by atoms with Crippen LogP contribution in [0.4, 0.5) is 0 Å². The second-order valence-corrected chi connectivity index (χ2v) is 8.13. The minimum Gasteiger partial charge on any atom is -0.282 e. The van der Waals surface area contributed by atoms with Crippen LogP contribution in [0.2, 0.25) is 0 Å². The van der Waals surface area contributed by atoms with Gasteiger partial charge in [-0.05, 0) is 24.3 Å². The van der Waals surface area contributed by atoms with E-state index in [4.69, 9.17) is 0 Å². The van der Waals surface area contributed by atoms with Crippen LogP contribution in [0.3, 0.4) is 0 Å². The number of sulfonamides is 1. The summed E-state index contributed by atoms with van der Waals surface area (Å²) >= 11 is 0. The van der Waals surface area contributed by atoms with Crippen molar-refractivity contribution in [3.05, 3.63) is 65.2 Å². The number of nitrogens with zero attached hydrogens (tertiary/aromatic N) is 5. The number of hydrogen-bond acceptors (Lipinski definition) is 5. The molecule has 0 spiro atoms. The van der Waals surface area contributed by atoms with E-state index in [2.05, 4.69) is 5.10 Å². The van der Waals surface area contributed by atoms with E-state index in [9.17, 15) is 13.2 Å². The molecule has 1 aliphatic rings. The molecule has 4 rings (SSSR count). The highest BCUT2D eigenvalue weighted by atomic mass is 32.2. The van der Waals surface area contributed by atoms with Crippen molar-refractivity contribution in [3.63, 3.8) is 0 Å². The topological polar surface area (TPSA) is 79.9 Å². The molecule has 0 saturated carbocycles. The van der Waals surface area contributed by atoms with Crippen LogP contribution in [0.25, 0.3) is 5.65 Å². The molecule has 0 radical (unpaired) electrons. The predicted molar refractivity (Wildman–Crippen MR) is 96.2 cm³/mol. The van der Waals surface area contributed by atoms with E-state index >= 15 is 0 Å². The van der Waals surface area contributed by atoms with Gasteiger partial charge in [0.1, 0.15) is 0 Å². The van der Waals surface area contributed by atoms with Gasteiger partial charge in [-0.3, -0.25) is 9.30 Å². The zero-order chi connectivity index (χ0) is 18.1. The molecule has 3 aromatic rings. The summed E-state index contributed by atoms with van der Waals surface area (Å²) in [5.74, 6) is 0. The van der Waals surface area contributed by atoms with Gasteiger partial charge in [-0.2, -0.15) is 8.99 Å². The first-order chi connectivity index (χ1) is 12.6. The van der Waals surface area contributed by atoms with Crippen LogP contribution in [0.15, 0.2) is 64.4 Å². The molecule has 3 heterocycles. The van der Waals surface area contributed by atoms with Gasteiger partial charge in [0.25, 0.3) is 0 Å². The van der Waals surface area contributed by atoms with Crippen LogP contribution in [0.5, 0.6) is 0 Å². The molecule has 2 aromatic heterocycles. The zero-order valence-electron chi connectivity index (χ0n) is 14.1. The van der Waals surface area contributed by atoms with Gasteiger partial charge in [0, 0.05) is 32.4 Å². The maximum Gasteiger partial charge on any atom is 0.351 e. The highest BCUT2D eigenvalue weighted by Crippen LogP contribution is 2.17. The van der Waals surface area contributed by atoms with E-state index in [1.54, 1.807) is 48.7 Å². The van der Waals surface area contributed by atoms with Crippen molar-refractivity contribution in [2.75, 3.05) is 26.2 Å². The molecule has 0 atom stereocenters. The second-order valence-electron chi connectivity index (χ2n) is 6.19. The fourth-order valence-electron chi connectivity index (χ4n) is 3.10. The van der Waals surface area contributed by atoms with Crippen LogP contribution in [0.1, 0.15) is 0 Å². The molecule has 136 valence electrons. The van der Waals surface area contributed by atoms with E-state index < -0.39 is 10.0 Å². The van der Waals surface area contributed by atoms with Gasteiger partial charge < -0.3 is 0 Å². The first-order valence-corrected chi connectivity index (χ1v) is 9.81. The summed E-state index contributed by atoms with van der Waals surface area (Å²) in [6.07, 6.45) is 1.69. The Morgan fingerprint density at radius 2 is 1.62 bits per heavy atom. The average Bonchev–Trinajstić information content (AvgIpc) is 2.99. The lowest BCUT2D eigenvalue weighted by Crippen LogP contribution is -2.49. The third-order valence-electron chi connectivity index (χ3n) is 4.53. The minimum absolute atomic E-state index is 0.195. The first kappa shape index (κ1) is 17.0. The fraction of sp³-hybridized carbons (Fsp3) is 0.294. The van der Waals surface area contributed by atoms with Crippen LogP contribution < -0.4 is 5.69 Å². The van der Waals surface area contributed by atoms with Crippen molar-refractivity contribution in [1.82, 2.24) is 23.4 Å². The highest BCUT2D eigenvalue weighted by molar-refractivity contribution is 7.89. The maximum absolute atomic E-state index is 12.7. The molecule has 1 aliphatic heterocycles. The number of piperazine rings is 1. The number of hydrogen-bond donors (Lipinski definition) is 0. The van der Waals surface area contributed by atoms with Gasteiger partial charge in [-0.25, -0.2) is 13.2 Å². The summed E-state index contributed by atoms with van der Waals surface area (Å²) in [5, 5.41) is 4.32. The van der Waals surface area contributed by atoms with Gasteiger partial charge >= 0.3 is 5.69 Å². The standard InChI is InChI=1S/C17H19N5O3S/c23-17-21-9-5-4-8-16(21)18-22(17)14-19-10-12-20(13-11-19)26(24,25)15-6-2-1-3-7-15/h1-9H,10-14H2. The molecule has 0 N–H and O–H groups in total. The van der Waals surface area contributed by atoms with Crippen molar-refractivity contribution < 1.29 is 8.42 Å². The Hall–Kier alpha value is -2.49. The van der Waals surface area contributed by atoms with Crippen molar-refractivity contribution in [1.29, 1.82) is 0 Å². The summed E-state index contributed by atoms with van der Waals surface area (Å²) in [6.45, 7) is 2.22. The van der Waals surface area contributed by atoms with Crippen molar-refractivity contribution in [2.24, 2.45) is 0 Å². The highest BCUT2D eigenvalue weighted by Gasteiger charge is 2.28. The summed E-state index contributed by atoms with van der Waals surface area (Å²) < 4.78 is 29.7. The Morgan fingerprint density at radius 3 is 2.31 bits per heavy atom. The summed E-state index contributed by atoms with van der Waals surface area (Å²) in [7, 11) is -3.47. The smallest absolute Gasteiger partial charge is 0.282 e. The average molecular weight is 373 g/mol. The van der Waals surface area contributed by atoms with Crippen LogP contribution in [-0.4, -0.2) is 58.0 Å². The van der Waals surface area contributed by atoms with Crippen LogP contribution >= 0.6 is 0 Å². The van der Waals surface area contributed by atoms with E-state index in [1.807, 2.05) is 11.0 Å². The molecule has 1 aromatic carbocycles. The summed E-state index contributed by atoms with van der Waals surface area (Å²) in [5.41, 5.74) is 0.405. The molecule has 0 amide bonds. The lowest BCUT2D eigenvalue weighted by Gasteiger charge is -2.33. The predicted octanol–water partition coefficient (Wildman–Crippen LogP) is 0.460. The second kappa shape index (κ2) is 6.67. The first-order valence-electron chi connectivity index (χ1n) is 8.37. The molecular weight excluding hydrogens is 354 g/mol. The number of benzene rings is 1. The Labute approximate surface area is 150 Å². The van der Waals surface area contributed by atoms with E-state index in [0.29, 0.717) is 43.4 Å². The SMILES string of the molecule is O=c1n(CN2CCN(S(=O)(=O)c3ccccc3)CC2)nc2ccccn12. The Kier molecular flexibility index (Phi) is 4.35. The quantitative estimate of drug-likeness (QED) is 0.664. The normalized spacial score (nSPS) is 16.9. The van der Waals surface area contributed by atoms with Crippen LogP contribution in [0, 0.1) is 0 Å². The Morgan fingerprint density at radius 1 is 0.923 bits per heavy atom. The zero-order valence-corrected chi connectivity index (χ0v) is 14.9. The largest absolute Gasteiger partial charge is 0.351 e. The molecular formula is C17H19N5O3S. The number of pyridine rings is 1. The number of aromatic nitrogens is 3. The van der Waals surface area contributed by atoms with Gasteiger partial charge in [0.15, 0.2) is 5.65 Å². The fourth-order valence-corrected chi connectivity index (χ4v) is 4.55. The van der Waals surface area contributed by atoms with Crippen molar-refractivity contribution >= 4 is 15.7 Å². The number of rotatable bonds is 4. The summed E-state index contributed by atoms with van der Waals surface area (Å²) in [4.78, 5) is 14.7. The molecule has 26 heavy (non-hydrogen) atoms. The van der Waals surface area contributed by atoms with Gasteiger partial charge in [-0.1, -0.05) is 24.3 Å². The van der Waals surface area contributed by atoms with Gasteiger partial charge in [-0.15, -0.1) is 5.10 Å². The molecule has 0 aliphatic carbocycles. The third kappa shape index (κ3) is 3.05. The molecule has 9 heteroatoms. The summed E-state index contributed by atoms with van der Waals surface area (Å²) in [6, 6.07) is 13.9. The molecule has 8 nitrogen and oxygen atoms in total. The molecule has 1 fully saturated rings. The molecule has 1 saturated heterocycles. The lowest BCUT2D eigenvalue weighted by atomic mass is 10.4. The van der Waals surface area contributed by atoms with Crippen molar-refractivity contribution in [3.8, 4) is 0 Å². The van der Waals surface area contributed by atoms with Crippen molar-refractivity contribution in [2.45, 2.75) is 11.6 Å². The van der Waals surface area contributed by atoms with Gasteiger partial charge in [0.2, 0.25) is 10.0 Å². The Balaban J connectivity index is 1.45. The molecule has 0 bridgehead atoms. The van der Waals surface area contributed by atoms with Crippen LogP contribution in [-0.2, 0) is 16.7 Å². The maximum atomic E-state index is 12.7. The monoisotopic (exact) mass is 373 g/mol. The lowest BCUT2D eigenvalue weighted by molar-refractivity contribution is 0.144. The minimum atomic E-state index is -3.47. The third-order valence-corrected chi connectivity index (χ3v) is 6.45. The van der Waals surface area contributed by atoms with E-state index in [1.165, 1.54) is 13.4 Å².